The van der Waals surface area contributed by atoms with Crippen LogP contribution in [0.1, 0.15) is 113 Å². The van der Waals surface area contributed by atoms with Crippen LogP contribution in [-0.4, -0.2) is 271 Å². The van der Waals surface area contributed by atoms with E-state index in [0.717, 1.165) is 21.6 Å². The zero-order chi connectivity index (χ0) is 95.3. The molecule has 0 spiro atoms. The number of nitrogens with two attached hydrogens (primary N) is 1. The number of hydrogen-bond acceptors (Lipinski definition) is 19. The number of H-pyrrole nitrogens is 1. The van der Waals surface area contributed by atoms with Gasteiger partial charge >= 0.3 is 5.97 Å². The SMILES string of the molecule is CCCC[C@H]1C(=O)N(C)CC(=O)N[C@@H](CC(=O)O)C(=O)N[C@@H](C(C)C)C(=O)N(C)[C@@H](Cc2ccccc2)C(=O)N[C@@H](Cc2ccc(O)cc2)C(=O)N2CCC[C@H]2C(=O)N[C@@H](Cc2c[nH]c3ccccc23)C(=O)N[C@@H](Cc2ccc(O)cc2)C(=O)N[C@@H](CC(C)C)C(=O)N[C@H](C(=O)NCC(N)=O)CSCC(=O)N[C@@H](Cc2ccccc2)C(=O)N(C)[C@@H](Cc2ccccc2)C(=O)N1C. The van der Waals surface area contributed by atoms with Crippen LogP contribution in [0, 0.1) is 11.8 Å². The van der Waals surface area contributed by atoms with Crippen molar-refractivity contribution in [3.05, 3.63) is 203 Å². The number of likely N-dealkylation sites (N-methyl/N-ethyl adjacent to an activating group) is 4. The van der Waals surface area contributed by atoms with Gasteiger partial charge in [-0.05, 0) is 101 Å². The van der Waals surface area contributed by atoms with E-state index in [0.29, 0.717) is 57.1 Å². The van der Waals surface area contributed by atoms with Crippen molar-refractivity contribution in [1.29, 1.82) is 0 Å². The van der Waals surface area contributed by atoms with E-state index in [9.17, 15) is 44.1 Å². The van der Waals surface area contributed by atoms with Crippen molar-refractivity contribution in [2.24, 2.45) is 17.6 Å². The molecule has 2 aliphatic rings. The summed E-state index contributed by atoms with van der Waals surface area (Å²) in [5, 5.41) is 56.1. The van der Waals surface area contributed by atoms with Crippen molar-refractivity contribution in [2.75, 3.05) is 59.3 Å². The highest BCUT2D eigenvalue weighted by Crippen LogP contribution is 2.27. The zero-order valence-electron chi connectivity index (χ0n) is 75.1. The molecule has 15 N–H and O–H groups in total. The van der Waals surface area contributed by atoms with Gasteiger partial charge in [-0.1, -0.05) is 181 Å². The third-order valence-corrected chi connectivity index (χ3v) is 24.2. The van der Waals surface area contributed by atoms with Gasteiger partial charge in [0.1, 0.15) is 84.0 Å². The molecule has 2 fully saturated rings. The fourth-order valence-electron chi connectivity index (χ4n) is 15.9. The first kappa shape index (κ1) is 101. The van der Waals surface area contributed by atoms with Crippen LogP contribution >= 0.6 is 11.8 Å². The van der Waals surface area contributed by atoms with Gasteiger partial charge in [-0.25, -0.2) is 0 Å². The lowest BCUT2D eigenvalue weighted by Gasteiger charge is -2.37. The number of para-hydroxylation sites is 1. The normalized spacial score (nSPS) is 22.7. The molecule has 2 saturated heterocycles. The number of primary amides is 1. The Balaban J connectivity index is 1.12. The van der Waals surface area contributed by atoms with E-state index >= 15 is 47.9 Å². The predicted octanol–water partition coefficient (Wildman–Crippen LogP) is 2.86. The topological polar surface area (TPSA) is 500 Å². The summed E-state index contributed by atoms with van der Waals surface area (Å²) < 4.78 is 0. The van der Waals surface area contributed by atoms with Gasteiger partial charge in [0, 0.05) is 96.1 Å². The van der Waals surface area contributed by atoms with Crippen LogP contribution in [-0.2, 0) is 115 Å². The summed E-state index contributed by atoms with van der Waals surface area (Å²) in [5.41, 5.74) is 9.21. The van der Waals surface area contributed by atoms with E-state index in [1.807, 2.05) is 6.92 Å². The Bertz CT molecular complexity index is 5160. The minimum atomic E-state index is -1.90. The van der Waals surface area contributed by atoms with E-state index in [1.165, 1.54) is 91.4 Å². The summed E-state index contributed by atoms with van der Waals surface area (Å²) in [6, 6.07) is 26.3. The summed E-state index contributed by atoms with van der Waals surface area (Å²) in [5.74, 6) is -17.1. The van der Waals surface area contributed by atoms with E-state index in [4.69, 9.17) is 5.73 Å². The second-order valence-electron chi connectivity index (χ2n) is 34.0. The molecule has 7 aromatic rings. The molecule has 0 radical (unpaired) electrons. The third kappa shape index (κ3) is 29.4. The molecule has 700 valence electrons. The van der Waals surface area contributed by atoms with Gasteiger partial charge in [0.25, 0.3) is 0 Å². The number of aromatic hydroxyl groups is 2. The standard InChI is InChI=1S/C95H120N16O19S/c1-10-11-32-76-93(128)107(6)53-80(115)99-71(50-82(117)118)88(123)106-83(57(4)5)95(130)109(8)77(47-59-26-17-13-18-27-59)90(125)104-73(46-62-36-40-65(113)41-37-62)92(127)111-42-23-33-75(111)89(124)103-70(49-63-51-97-67-31-22-21-30-66(63)67)87(122)102-69(44-61-34-38-64(112)39-35-61)86(121)101-68(43-56(2)3)85(120)105-74(84(119)98-52-79(96)114)54-131-55-81(116)100-72(45-58-24-15-12-16-25-58)91(126)110(9)78(94(129)108(76)7)48-60-28-19-14-20-29-60/h12-22,24-31,34-41,51,56-57,68-78,83,97,112-113H,10-11,23,32-33,42-50,52-55H2,1-9H3,(H2,96,114)(H,98,119)(H,99,115)(H,100,116)(H,101,121)(H,102,122)(H,103,124)(H,104,125)(H,105,120)(H,106,123)(H,117,118)/t68-,69-,70-,71-,72-,73-,74-,75-,76-,77-,78-,83-/m0/s1. The van der Waals surface area contributed by atoms with Crippen LogP contribution in [0.15, 0.2) is 170 Å². The Morgan fingerprint density at radius 1 is 0.489 bits per heavy atom. The Hall–Kier alpha value is -13.7. The maximum atomic E-state index is 15.7. The number of aromatic amines is 1. The fraction of sp³-hybridized carbons (Fsp3) is 0.432. The molecule has 15 amide bonds. The lowest BCUT2D eigenvalue weighted by atomic mass is 9.98. The van der Waals surface area contributed by atoms with Crippen LogP contribution in [0.25, 0.3) is 10.9 Å². The minimum Gasteiger partial charge on any atom is -0.508 e. The molecule has 2 aliphatic heterocycles. The van der Waals surface area contributed by atoms with E-state index in [2.05, 4.69) is 52.8 Å². The summed E-state index contributed by atoms with van der Waals surface area (Å²) >= 11 is 0.834. The summed E-state index contributed by atoms with van der Waals surface area (Å²) in [4.78, 5) is 246. The lowest BCUT2D eigenvalue weighted by Crippen LogP contribution is -2.62. The average Bonchev–Trinajstić information content (AvgIpc) is 1.77. The van der Waals surface area contributed by atoms with Crippen LogP contribution in [0.3, 0.4) is 0 Å². The number of nitrogens with one attached hydrogen (secondary N) is 10. The lowest BCUT2D eigenvalue weighted by molar-refractivity contribution is -0.151. The molecule has 9 rings (SSSR count). The van der Waals surface area contributed by atoms with Crippen LogP contribution in [0.5, 0.6) is 11.5 Å². The Labute approximate surface area is 765 Å². The van der Waals surface area contributed by atoms with Gasteiger partial charge in [-0.2, -0.15) is 0 Å². The molecule has 0 saturated carbocycles. The van der Waals surface area contributed by atoms with E-state index < -0.39 is 198 Å². The second-order valence-corrected chi connectivity index (χ2v) is 35.0. The highest BCUT2D eigenvalue weighted by Gasteiger charge is 2.45. The summed E-state index contributed by atoms with van der Waals surface area (Å²) in [6.45, 7) is 6.95. The number of carbonyl (C=O) groups is 16. The van der Waals surface area contributed by atoms with Crippen molar-refractivity contribution in [2.45, 2.75) is 191 Å². The van der Waals surface area contributed by atoms with Gasteiger partial charge in [0.2, 0.25) is 88.6 Å². The van der Waals surface area contributed by atoms with Gasteiger partial charge in [-0.15, -0.1) is 11.8 Å². The number of aliphatic carboxylic acids is 1. The van der Waals surface area contributed by atoms with E-state index in [-0.39, 0.29) is 93.9 Å². The highest BCUT2D eigenvalue weighted by molar-refractivity contribution is 8.00. The zero-order valence-corrected chi connectivity index (χ0v) is 75.9. The fourth-order valence-corrected chi connectivity index (χ4v) is 16.8. The van der Waals surface area contributed by atoms with E-state index in [1.54, 1.807) is 149 Å². The number of thioether (sulfide) groups is 1. The largest absolute Gasteiger partial charge is 0.508 e. The molecule has 131 heavy (non-hydrogen) atoms. The molecule has 6 aromatic carbocycles. The van der Waals surface area contributed by atoms with Crippen molar-refractivity contribution in [3.63, 3.8) is 0 Å². The van der Waals surface area contributed by atoms with Gasteiger partial charge in [-0.3, -0.25) is 76.7 Å². The number of rotatable bonds is 23. The van der Waals surface area contributed by atoms with Crippen molar-refractivity contribution in [3.8, 4) is 11.5 Å². The number of phenolic OH excluding ortho intramolecular Hbond substituents is 2. The molecule has 0 aliphatic carbocycles. The number of carboxylic acids is 1. The van der Waals surface area contributed by atoms with Gasteiger partial charge < -0.3 is 98.4 Å². The molecule has 0 unspecified atom stereocenters. The quantitative estimate of drug-likeness (QED) is 0.0438. The molecular weight excluding hydrogens is 1700 g/mol. The smallest absolute Gasteiger partial charge is 0.305 e. The second kappa shape index (κ2) is 48.7. The molecule has 0 bridgehead atoms. The monoisotopic (exact) mass is 1820 g/mol. The number of fused-ring (bicyclic) bond motifs is 2. The third-order valence-electron chi connectivity index (χ3n) is 23.1. The van der Waals surface area contributed by atoms with Gasteiger partial charge in [0.15, 0.2) is 0 Å². The van der Waals surface area contributed by atoms with Crippen molar-refractivity contribution >= 4 is 117 Å². The maximum absolute atomic E-state index is 15.7. The Kier molecular flexibility index (Phi) is 37.5. The average molecular weight is 1820 g/mol. The molecule has 12 atom stereocenters. The number of aromatic nitrogens is 1. The molecule has 3 heterocycles. The van der Waals surface area contributed by atoms with Crippen LogP contribution in [0.4, 0.5) is 0 Å². The number of hydrogen-bond donors (Lipinski definition) is 14. The highest BCUT2D eigenvalue weighted by atomic mass is 32.2. The van der Waals surface area contributed by atoms with Crippen LogP contribution in [0.2, 0.25) is 0 Å². The Morgan fingerprint density at radius 2 is 0.969 bits per heavy atom. The first-order valence-corrected chi connectivity index (χ1v) is 45.0. The number of phenols is 2. The number of benzene rings is 6. The summed E-state index contributed by atoms with van der Waals surface area (Å²) in [7, 11) is 5.31. The number of unbranched alkanes of at least 4 members (excludes halogenated alkanes) is 1. The molecule has 1 aromatic heterocycles. The maximum Gasteiger partial charge on any atom is 0.305 e. The first-order valence-electron chi connectivity index (χ1n) is 43.8. The first-order chi connectivity index (χ1) is 62.5. The number of nitrogens with zero attached hydrogens (tertiary/aromatic N) is 5. The molecular formula is C95H120N16O19S. The van der Waals surface area contributed by atoms with Crippen molar-refractivity contribution in [1.82, 2.24) is 77.3 Å². The molecule has 36 heteroatoms. The van der Waals surface area contributed by atoms with Crippen LogP contribution < -0.4 is 53.6 Å². The minimum absolute atomic E-state index is 0.0303. The number of carboxylic acid groups (broad SMARTS) is 1. The Morgan fingerprint density at radius 3 is 1.53 bits per heavy atom. The summed E-state index contributed by atoms with van der Waals surface area (Å²) in [6.07, 6.45) is 0.455. The van der Waals surface area contributed by atoms with Crippen molar-refractivity contribution < 1.29 is 92.0 Å². The van der Waals surface area contributed by atoms with Gasteiger partial charge in [0.05, 0.1) is 25.3 Å². The predicted molar refractivity (Wildman–Crippen MR) is 489 cm³/mol. The molecule has 35 nitrogen and oxygen atoms in total. The number of carbonyl (C=O) groups excluding carboxylic acids is 15. The number of amides is 15.